The predicted molar refractivity (Wildman–Crippen MR) is 104 cm³/mol. The van der Waals surface area contributed by atoms with Gasteiger partial charge in [0, 0.05) is 35.8 Å². The third-order valence-corrected chi connectivity index (χ3v) is 4.91. The first-order chi connectivity index (χ1) is 13.1. The average Bonchev–Trinajstić information content (AvgIpc) is 3.32. The molecule has 27 heavy (non-hydrogen) atoms. The van der Waals surface area contributed by atoms with Crippen molar-refractivity contribution in [3.8, 4) is 11.3 Å². The summed E-state index contributed by atoms with van der Waals surface area (Å²) >= 11 is 5.93. The fourth-order valence-electron chi connectivity index (χ4n) is 3.24. The van der Waals surface area contributed by atoms with E-state index in [-0.39, 0.29) is 11.9 Å². The van der Waals surface area contributed by atoms with Crippen molar-refractivity contribution >= 4 is 23.3 Å². The Balaban J connectivity index is 1.40. The van der Waals surface area contributed by atoms with Crippen molar-refractivity contribution in [2.24, 2.45) is 0 Å². The third kappa shape index (κ3) is 3.95. The van der Waals surface area contributed by atoms with E-state index >= 15 is 0 Å². The number of carbonyl (C=O) groups is 1. The summed E-state index contributed by atoms with van der Waals surface area (Å²) in [6.07, 6.45) is 0.810. The van der Waals surface area contributed by atoms with E-state index in [0.29, 0.717) is 17.1 Å². The maximum atomic E-state index is 13.3. The highest BCUT2D eigenvalue weighted by atomic mass is 35.5. The molecule has 2 N–H and O–H groups in total. The number of anilines is 1. The molecule has 4 rings (SSSR count). The summed E-state index contributed by atoms with van der Waals surface area (Å²) in [4.78, 5) is 14.4. The summed E-state index contributed by atoms with van der Waals surface area (Å²) in [7, 11) is 0. The van der Waals surface area contributed by atoms with Gasteiger partial charge in [-0.2, -0.15) is 5.10 Å². The molecule has 0 saturated carbocycles. The molecular formula is C20H18ClFN4O. The zero-order valence-electron chi connectivity index (χ0n) is 14.5. The van der Waals surface area contributed by atoms with Crippen LogP contribution >= 0.6 is 11.6 Å². The molecule has 138 valence electrons. The Morgan fingerprint density at radius 3 is 2.81 bits per heavy atom. The van der Waals surface area contributed by atoms with Gasteiger partial charge in [-0.15, -0.1) is 0 Å². The second kappa shape index (κ2) is 7.40. The number of nitrogens with one attached hydrogen (secondary N) is 2. The lowest BCUT2D eigenvalue weighted by Crippen LogP contribution is -2.37. The summed E-state index contributed by atoms with van der Waals surface area (Å²) in [5.74, 6) is 0.162. The quantitative estimate of drug-likeness (QED) is 0.717. The molecule has 1 unspecified atom stereocenters. The second-order valence-corrected chi connectivity index (χ2v) is 7.00. The summed E-state index contributed by atoms with van der Waals surface area (Å²) in [5, 5.41) is 11.1. The number of aromatic nitrogens is 2. The number of hydrogen-bond acceptors (Lipinski definition) is 3. The van der Waals surface area contributed by atoms with Crippen molar-refractivity contribution in [2.45, 2.75) is 12.5 Å². The fraction of sp³-hybridized carbons (Fsp3) is 0.200. The Labute approximate surface area is 161 Å². The summed E-state index contributed by atoms with van der Waals surface area (Å²) in [6, 6.07) is 15.2. The number of halogens is 2. The molecule has 1 aliphatic heterocycles. The van der Waals surface area contributed by atoms with Gasteiger partial charge in [0.05, 0.1) is 5.69 Å². The topological polar surface area (TPSA) is 61.0 Å². The third-order valence-electron chi connectivity index (χ3n) is 4.65. The number of aromatic amines is 1. The van der Waals surface area contributed by atoms with Gasteiger partial charge in [-0.05, 0) is 42.3 Å². The Morgan fingerprint density at radius 2 is 2.04 bits per heavy atom. The predicted octanol–water partition coefficient (Wildman–Crippen LogP) is 3.88. The van der Waals surface area contributed by atoms with Crippen LogP contribution in [0.2, 0.25) is 5.02 Å². The van der Waals surface area contributed by atoms with Crippen LogP contribution in [0.15, 0.2) is 54.6 Å². The smallest absolute Gasteiger partial charge is 0.251 e. The Kier molecular flexibility index (Phi) is 4.81. The molecule has 5 nitrogen and oxygen atoms in total. The van der Waals surface area contributed by atoms with Crippen LogP contribution in [-0.2, 0) is 0 Å². The lowest BCUT2D eigenvalue weighted by atomic mass is 10.1. The molecule has 7 heteroatoms. The number of rotatable bonds is 4. The van der Waals surface area contributed by atoms with Crippen molar-refractivity contribution in [1.82, 2.24) is 15.5 Å². The molecule has 1 fully saturated rings. The SMILES string of the molecule is O=C(NC1CCN(c2cc(-c3ccc(Cl)cc3)[nH]n2)C1)c1cccc(F)c1. The first-order valence-corrected chi connectivity index (χ1v) is 9.09. The molecule has 1 saturated heterocycles. The fourth-order valence-corrected chi connectivity index (χ4v) is 3.36. The van der Waals surface area contributed by atoms with Gasteiger partial charge in [0.25, 0.3) is 5.91 Å². The number of amides is 1. The molecule has 0 spiro atoms. The van der Waals surface area contributed by atoms with Gasteiger partial charge in [-0.3, -0.25) is 9.89 Å². The largest absolute Gasteiger partial charge is 0.353 e. The van der Waals surface area contributed by atoms with E-state index < -0.39 is 5.82 Å². The van der Waals surface area contributed by atoms with Gasteiger partial charge in [-0.1, -0.05) is 29.8 Å². The second-order valence-electron chi connectivity index (χ2n) is 6.56. The highest BCUT2D eigenvalue weighted by Gasteiger charge is 2.26. The van der Waals surface area contributed by atoms with Crippen molar-refractivity contribution in [3.63, 3.8) is 0 Å². The van der Waals surface area contributed by atoms with Crippen LogP contribution in [0.4, 0.5) is 10.2 Å². The minimum Gasteiger partial charge on any atom is -0.353 e. The molecule has 3 aromatic rings. The first-order valence-electron chi connectivity index (χ1n) is 8.71. The highest BCUT2D eigenvalue weighted by Crippen LogP contribution is 2.25. The van der Waals surface area contributed by atoms with E-state index in [1.54, 1.807) is 6.07 Å². The molecule has 1 aliphatic rings. The molecule has 1 aromatic heterocycles. The molecule has 1 atom stereocenters. The molecule has 0 bridgehead atoms. The van der Waals surface area contributed by atoms with Gasteiger partial charge in [0.1, 0.15) is 5.82 Å². The number of nitrogens with zero attached hydrogens (tertiary/aromatic N) is 2. The monoisotopic (exact) mass is 384 g/mol. The lowest BCUT2D eigenvalue weighted by molar-refractivity contribution is 0.0940. The number of hydrogen-bond donors (Lipinski definition) is 2. The maximum Gasteiger partial charge on any atom is 0.251 e. The van der Waals surface area contributed by atoms with E-state index in [9.17, 15) is 9.18 Å². The Morgan fingerprint density at radius 1 is 1.22 bits per heavy atom. The van der Waals surface area contributed by atoms with Gasteiger partial charge in [0.15, 0.2) is 5.82 Å². The Bertz CT molecular complexity index is 957. The average molecular weight is 385 g/mol. The zero-order valence-corrected chi connectivity index (χ0v) is 15.2. The molecule has 2 heterocycles. The normalized spacial score (nSPS) is 16.5. The van der Waals surface area contributed by atoms with Crippen LogP contribution < -0.4 is 10.2 Å². The molecule has 2 aromatic carbocycles. The minimum absolute atomic E-state index is 0.00329. The number of carbonyl (C=O) groups excluding carboxylic acids is 1. The van der Waals surface area contributed by atoms with Crippen LogP contribution in [0.3, 0.4) is 0 Å². The van der Waals surface area contributed by atoms with Crippen LogP contribution in [0.25, 0.3) is 11.3 Å². The van der Waals surface area contributed by atoms with Crippen molar-refractivity contribution in [1.29, 1.82) is 0 Å². The van der Waals surface area contributed by atoms with E-state index in [2.05, 4.69) is 20.4 Å². The van der Waals surface area contributed by atoms with Crippen LogP contribution in [0.5, 0.6) is 0 Å². The van der Waals surface area contributed by atoms with Crippen LogP contribution in [0.1, 0.15) is 16.8 Å². The Hall–Kier alpha value is -2.86. The summed E-state index contributed by atoms with van der Waals surface area (Å²) in [6.45, 7) is 1.45. The molecule has 0 aliphatic carbocycles. The van der Waals surface area contributed by atoms with Crippen molar-refractivity contribution < 1.29 is 9.18 Å². The zero-order chi connectivity index (χ0) is 18.8. The molecule has 0 radical (unpaired) electrons. The maximum absolute atomic E-state index is 13.3. The lowest BCUT2D eigenvalue weighted by Gasteiger charge is -2.16. The van der Waals surface area contributed by atoms with Gasteiger partial charge in [0.2, 0.25) is 0 Å². The van der Waals surface area contributed by atoms with Gasteiger partial charge < -0.3 is 10.2 Å². The van der Waals surface area contributed by atoms with Gasteiger partial charge in [-0.25, -0.2) is 4.39 Å². The van der Waals surface area contributed by atoms with Crippen molar-refractivity contribution in [2.75, 3.05) is 18.0 Å². The first kappa shape index (κ1) is 17.5. The van der Waals surface area contributed by atoms with E-state index in [4.69, 9.17) is 11.6 Å². The molecular weight excluding hydrogens is 367 g/mol. The summed E-state index contributed by atoms with van der Waals surface area (Å²) in [5.41, 5.74) is 2.25. The minimum atomic E-state index is -0.415. The van der Waals surface area contributed by atoms with E-state index in [1.165, 1.54) is 18.2 Å². The van der Waals surface area contributed by atoms with Crippen LogP contribution in [0, 0.1) is 5.82 Å². The highest BCUT2D eigenvalue weighted by molar-refractivity contribution is 6.30. The standard InChI is InChI=1S/C20H18ClFN4O/c21-15-6-4-13(5-7-15)18-11-19(25-24-18)26-9-8-17(12-26)23-20(27)14-2-1-3-16(22)10-14/h1-7,10-11,17H,8-9,12H2,(H,23,27)(H,24,25). The van der Waals surface area contributed by atoms with E-state index in [0.717, 1.165) is 30.0 Å². The van der Waals surface area contributed by atoms with Gasteiger partial charge >= 0.3 is 0 Å². The summed E-state index contributed by atoms with van der Waals surface area (Å²) < 4.78 is 13.3. The number of H-pyrrole nitrogens is 1. The number of benzene rings is 2. The van der Waals surface area contributed by atoms with Crippen LogP contribution in [-0.4, -0.2) is 35.2 Å². The van der Waals surface area contributed by atoms with Crippen molar-refractivity contribution in [3.05, 3.63) is 71.0 Å². The van der Waals surface area contributed by atoms with E-state index in [1.807, 2.05) is 30.3 Å². The molecule has 1 amide bonds.